The molecular formula is C16H9Cl2N2O+. The Bertz CT molecular complexity index is 1020. The summed E-state index contributed by atoms with van der Waals surface area (Å²) < 4.78 is 3.19. The summed E-state index contributed by atoms with van der Waals surface area (Å²) in [5.41, 5.74) is 1.42. The zero-order valence-electron chi connectivity index (χ0n) is 10.8. The van der Waals surface area contributed by atoms with E-state index in [0.717, 1.165) is 16.3 Å². The lowest BCUT2D eigenvalue weighted by Gasteiger charge is -2.02. The Morgan fingerprint density at radius 2 is 1.67 bits per heavy atom. The number of hydrogen-bond donors (Lipinski definition) is 0. The molecule has 4 rings (SSSR count). The van der Waals surface area contributed by atoms with Gasteiger partial charge in [0.05, 0.1) is 5.39 Å². The molecule has 0 aliphatic rings. The van der Waals surface area contributed by atoms with Gasteiger partial charge >= 0.3 is 5.69 Å². The first-order chi connectivity index (χ1) is 10.1. The Balaban J connectivity index is 2.14. The quantitative estimate of drug-likeness (QED) is 0.494. The lowest BCUT2D eigenvalue weighted by Crippen LogP contribution is -2.50. The molecule has 4 aromatic rings. The third-order valence-electron chi connectivity index (χ3n) is 3.55. The van der Waals surface area contributed by atoms with Crippen LogP contribution in [0.25, 0.3) is 22.0 Å². The van der Waals surface area contributed by atoms with Crippen molar-refractivity contribution < 1.29 is 4.57 Å². The molecule has 0 fully saturated rings. The highest BCUT2D eigenvalue weighted by Crippen LogP contribution is 2.21. The molecule has 0 spiro atoms. The molecular weight excluding hydrogens is 307 g/mol. The van der Waals surface area contributed by atoms with Crippen LogP contribution in [0.4, 0.5) is 0 Å². The zero-order chi connectivity index (χ0) is 14.6. The third kappa shape index (κ3) is 1.89. The number of hydrogen-bond acceptors (Lipinski definition) is 1. The molecule has 0 bridgehead atoms. The van der Waals surface area contributed by atoms with E-state index in [0.29, 0.717) is 15.7 Å². The maximum atomic E-state index is 12.7. The second-order valence-corrected chi connectivity index (χ2v) is 5.75. The number of aromatic nitrogens is 2. The summed E-state index contributed by atoms with van der Waals surface area (Å²) in [6.07, 6.45) is 3.59. The summed E-state index contributed by atoms with van der Waals surface area (Å²) in [6.45, 7) is 0. The van der Waals surface area contributed by atoms with Crippen molar-refractivity contribution in [2.75, 3.05) is 0 Å². The number of benzene rings is 2. The maximum Gasteiger partial charge on any atom is 0.508 e. The van der Waals surface area contributed by atoms with Crippen molar-refractivity contribution in [3.05, 3.63) is 75.4 Å². The minimum Gasteiger partial charge on any atom is -0.196 e. The number of nitrogens with zero attached hydrogens (tertiary/aromatic N) is 2. The molecule has 3 nitrogen and oxygen atoms in total. The highest BCUT2D eigenvalue weighted by atomic mass is 35.5. The molecule has 0 saturated heterocycles. The fourth-order valence-corrected chi connectivity index (χ4v) is 3.17. The minimum atomic E-state index is -0.151. The maximum absolute atomic E-state index is 12.7. The van der Waals surface area contributed by atoms with Gasteiger partial charge in [0, 0.05) is 27.6 Å². The van der Waals surface area contributed by atoms with Gasteiger partial charge in [-0.25, -0.2) is 0 Å². The lowest BCUT2D eigenvalue weighted by atomic mass is 10.2. The van der Waals surface area contributed by atoms with Crippen LogP contribution in [0.1, 0.15) is 0 Å². The molecule has 0 atom stereocenters. The summed E-state index contributed by atoms with van der Waals surface area (Å²) in [5.74, 6) is 0. The summed E-state index contributed by atoms with van der Waals surface area (Å²) in [5, 5.41) is 3.01. The highest BCUT2D eigenvalue weighted by Gasteiger charge is 2.18. The third-order valence-corrected chi connectivity index (χ3v) is 3.98. The predicted octanol–water partition coefficient (Wildman–Crippen LogP) is 3.47. The molecule has 5 heteroatoms. The molecule has 0 N–H and O–H groups in total. The summed E-state index contributed by atoms with van der Waals surface area (Å²) in [7, 11) is 0. The van der Waals surface area contributed by atoms with Gasteiger partial charge in [0.25, 0.3) is 0 Å². The van der Waals surface area contributed by atoms with Crippen molar-refractivity contribution >= 4 is 39.5 Å². The second-order valence-electron chi connectivity index (χ2n) is 4.88. The van der Waals surface area contributed by atoms with Gasteiger partial charge in [0.2, 0.25) is 0 Å². The molecule has 2 heterocycles. The fourth-order valence-electron chi connectivity index (χ4n) is 2.66. The second kappa shape index (κ2) is 4.45. The molecule has 2 aromatic carbocycles. The van der Waals surface area contributed by atoms with Crippen molar-refractivity contribution in [1.29, 1.82) is 0 Å². The van der Waals surface area contributed by atoms with Gasteiger partial charge in [-0.15, -0.1) is 0 Å². The molecule has 0 aliphatic heterocycles. The Morgan fingerprint density at radius 1 is 0.952 bits per heavy atom. The number of rotatable bonds is 1. The first-order valence-corrected chi connectivity index (χ1v) is 7.14. The van der Waals surface area contributed by atoms with Gasteiger partial charge in [-0.1, -0.05) is 35.3 Å². The van der Waals surface area contributed by atoms with E-state index in [9.17, 15) is 4.79 Å². The monoisotopic (exact) mass is 315 g/mol. The van der Waals surface area contributed by atoms with E-state index in [1.54, 1.807) is 33.4 Å². The highest BCUT2D eigenvalue weighted by molar-refractivity contribution is 6.34. The van der Waals surface area contributed by atoms with E-state index in [4.69, 9.17) is 23.2 Å². The van der Waals surface area contributed by atoms with Crippen LogP contribution in [0.5, 0.6) is 0 Å². The van der Waals surface area contributed by atoms with Gasteiger partial charge in [0.15, 0.2) is 5.52 Å². The van der Waals surface area contributed by atoms with Crippen LogP contribution >= 0.6 is 23.2 Å². The normalized spacial score (nSPS) is 11.5. The van der Waals surface area contributed by atoms with Crippen molar-refractivity contribution in [2.24, 2.45) is 0 Å². The number of halogens is 2. The van der Waals surface area contributed by atoms with Gasteiger partial charge < -0.3 is 0 Å². The van der Waals surface area contributed by atoms with Crippen LogP contribution in [0.2, 0.25) is 10.0 Å². The van der Waals surface area contributed by atoms with Crippen molar-refractivity contribution in [1.82, 2.24) is 4.40 Å². The summed E-state index contributed by atoms with van der Waals surface area (Å²) in [4.78, 5) is 12.7. The topological polar surface area (TPSA) is 25.4 Å². The molecule has 2 aromatic heterocycles. The van der Waals surface area contributed by atoms with Crippen LogP contribution in [0.3, 0.4) is 0 Å². The van der Waals surface area contributed by atoms with Gasteiger partial charge in [0.1, 0.15) is 18.1 Å². The average molecular weight is 316 g/mol. The van der Waals surface area contributed by atoms with E-state index in [2.05, 4.69) is 0 Å². The molecule has 0 aliphatic carbocycles. The predicted molar refractivity (Wildman–Crippen MR) is 83.9 cm³/mol. The van der Waals surface area contributed by atoms with Crippen molar-refractivity contribution in [3.63, 3.8) is 0 Å². The Labute approximate surface area is 129 Å². The van der Waals surface area contributed by atoms with E-state index in [1.165, 1.54) is 0 Å². The Hall–Kier alpha value is -2.10. The number of para-hydroxylation sites is 1. The summed E-state index contributed by atoms with van der Waals surface area (Å²) >= 11 is 12.1. The molecule has 0 saturated carbocycles. The SMILES string of the molecule is O=c1n2ccc3cccc(c[n+]1-c1cc(Cl)cc(Cl)c1)c32. The van der Waals surface area contributed by atoms with Gasteiger partial charge in [-0.2, -0.15) is 13.8 Å². The molecule has 102 valence electrons. The van der Waals surface area contributed by atoms with Crippen molar-refractivity contribution in [3.8, 4) is 5.69 Å². The Kier molecular flexibility index (Phi) is 2.67. The molecule has 0 radical (unpaired) electrons. The van der Waals surface area contributed by atoms with E-state index >= 15 is 0 Å². The van der Waals surface area contributed by atoms with Crippen LogP contribution in [-0.4, -0.2) is 4.40 Å². The average Bonchev–Trinajstić information content (AvgIpc) is 2.87. The smallest absolute Gasteiger partial charge is 0.196 e. The fraction of sp³-hybridized carbons (Fsp3) is 0. The van der Waals surface area contributed by atoms with Crippen LogP contribution in [-0.2, 0) is 0 Å². The van der Waals surface area contributed by atoms with Crippen molar-refractivity contribution in [2.45, 2.75) is 0 Å². The Morgan fingerprint density at radius 3 is 2.43 bits per heavy atom. The van der Waals surface area contributed by atoms with Crippen LogP contribution in [0.15, 0.2) is 59.7 Å². The first kappa shape index (κ1) is 12.6. The minimum absolute atomic E-state index is 0.151. The van der Waals surface area contributed by atoms with E-state index < -0.39 is 0 Å². The summed E-state index contributed by atoms with van der Waals surface area (Å²) in [6, 6.07) is 12.9. The van der Waals surface area contributed by atoms with Crippen LogP contribution < -0.4 is 10.3 Å². The van der Waals surface area contributed by atoms with Crippen LogP contribution in [0, 0.1) is 0 Å². The largest absolute Gasteiger partial charge is 0.508 e. The molecule has 21 heavy (non-hydrogen) atoms. The lowest BCUT2D eigenvalue weighted by molar-refractivity contribution is -0.614. The van der Waals surface area contributed by atoms with Gasteiger partial charge in [-0.05, 0) is 18.2 Å². The standard InChI is InChI=1S/C16H9Cl2N2O/c17-12-6-13(18)8-14(7-12)20-9-11-3-1-2-10-4-5-19(15(10)11)16(20)21/h1-9H/q+1. The van der Waals surface area contributed by atoms with Gasteiger partial charge in [-0.3, -0.25) is 0 Å². The molecule has 0 amide bonds. The zero-order valence-corrected chi connectivity index (χ0v) is 12.3. The van der Waals surface area contributed by atoms with E-state index in [1.807, 2.05) is 30.5 Å². The van der Waals surface area contributed by atoms with E-state index in [-0.39, 0.29) is 5.69 Å². The molecule has 0 unspecified atom stereocenters. The first-order valence-electron chi connectivity index (χ1n) is 6.38.